The number of halogens is 1. The van der Waals surface area contributed by atoms with Crippen LogP contribution in [-0.2, 0) is 9.59 Å². The summed E-state index contributed by atoms with van der Waals surface area (Å²) in [5.74, 6) is -2.12. The monoisotopic (exact) mass is 295 g/mol. The fourth-order valence-electron chi connectivity index (χ4n) is 2.61. The van der Waals surface area contributed by atoms with Gasteiger partial charge in [-0.05, 0) is 30.9 Å². The van der Waals surface area contributed by atoms with Crippen LogP contribution in [0.1, 0.15) is 19.3 Å². The molecule has 2 N–H and O–H groups in total. The van der Waals surface area contributed by atoms with E-state index >= 15 is 0 Å². The van der Waals surface area contributed by atoms with Gasteiger partial charge in [0.05, 0.1) is 5.92 Å². The third kappa shape index (κ3) is 4.18. The van der Waals surface area contributed by atoms with Crippen molar-refractivity contribution in [3.63, 3.8) is 0 Å². The number of carboxylic acid groups (broad SMARTS) is 1. The minimum absolute atomic E-state index is 0.0249. The predicted molar refractivity (Wildman–Crippen MR) is 73.4 cm³/mol. The van der Waals surface area contributed by atoms with Crippen molar-refractivity contribution in [3.8, 4) is 5.75 Å². The maximum Gasteiger partial charge on any atom is 0.306 e. The SMILES string of the molecule is O=C(COc1ccccc1F)NCC1CCCC1C(=O)O. The second kappa shape index (κ2) is 7.06. The predicted octanol–water partition coefficient (Wildman–Crippen LogP) is 1.82. The lowest BCUT2D eigenvalue weighted by atomic mass is 9.96. The molecule has 0 aliphatic heterocycles. The molecule has 5 nitrogen and oxygen atoms in total. The van der Waals surface area contributed by atoms with Crippen LogP contribution in [0.3, 0.4) is 0 Å². The number of ether oxygens (including phenoxy) is 1. The lowest BCUT2D eigenvalue weighted by Crippen LogP contribution is -2.35. The third-order valence-electron chi connectivity index (χ3n) is 3.73. The van der Waals surface area contributed by atoms with E-state index in [1.807, 2.05) is 0 Å². The van der Waals surface area contributed by atoms with Crippen LogP contribution in [0.15, 0.2) is 24.3 Å². The van der Waals surface area contributed by atoms with Gasteiger partial charge in [-0.15, -0.1) is 0 Å². The molecule has 2 atom stereocenters. The lowest BCUT2D eigenvalue weighted by molar-refractivity contribution is -0.143. The Morgan fingerprint density at radius 1 is 1.33 bits per heavy atom. The van der Waals surface area contributed by atoms with E-state index < -0.39 is 17.7 Å². The summed E-state index contributed by atoms with van der Waals surface area (Å²) in [5.41, 5.74) is 0. The van der Waals surface area contributed by atoms with Gasteiger partial charge in [0.2, 0.25) is 0 Å². The zero-order valence-electron chi connectivity index (χ0n) is 11.5. The summed E-state index contributed by atoms with van der Waals surface area (Å²) in [6.45, 7) is 0.0296. The number of hydrogen-bond donors (Lipinski definition) is 2. The molecule has 0 bridgehead atoms. The van der Waals surface area contributed by atoms with Crippen LogP contribution in [0.5, 0.6) is 5.75 Å². The molecular weight excluding hydrogens is 277 g/mol. The molecule has 1 saturated carbocycles. The van der Waals surface area contributed by atoms with E-state index in [2.05, 4.69) is 5.32 Å². The number of hydrogen-bond acceptors (Lipinski definition) is 3. The van der Waals surface area contributed by atoms with Crippen molar-refractivity contribution in [2.24, 2.45) is 11.8 Å². The van der Waals surface area contributed by atoms with Crippen molar-refractivity contribution < 1.29 is 23.8 Å². The maximum atomic E-state index is 13.3. The highest BCUT2D eigenvalue weighted by molar-refractivity contribution is 5.77. The first-order chi connectivity index (χ1) is 10.1. The van der Waals surface area contributed by atoms with Crippen molar-refractivity contribution >= 4 is 11.9 Å². The second-order valence-electron chi connectivity index (χ2n) is 5.16. The topological polar surface area (TPSA) is 75.6 Å². The number of benzene rings is 1. The highest BCUT2D eigenvalue weighted by Crippen LogP contribution is 2.31. The summed E-state index contributed by atoms with van der Waals surface area (Å²) in [6.07, 6.45) is 2.32. The number of carboxylic acids is 1. The summed E-state index contributed by atoms with van der Waals surface area (Å²) < 4.78 is 18.4. The Bertz CT molecular complexity index is 520. The van der Waals surface area contributed by atoms with Crippen molar-refractivity contribution in [2.75, 3.05) is 13.2 Å². The summed E-state index contributed by atoms with van der Waals surface area (Å²) in [5, 5.41) is 11.7. The number of amides is 1. The molecule has 2 unspecified atom stereocenters. The van der Waals surface area contributed by atoms with Crippen molar-refractivity contribution in [2.45, 2.75) is 19.3 Å². The summed E-state index contributed by atoms with van der Waals surface area (Å²) in [4.78, 5) is 22.7. The van der Waals surface area contributed by atoms with Crippen molar-refractivity contribution in [1.82, 2.24) is 5.32 Å². The highest BCUT2D eigenvalue weighted by atomic mass is 19.1. The molecule has 0 spiro atoms. The average molecular weight is 295 g/mol. The van der Waals surface area contributed by atoms with Gasteiger partial charge in [0, 0.05) is 6.54 Å². The Hall–Kier alpha value is -2.11. The van der Waals surface area contributed by atoms with Gasteiger partial charge in [0.15, 0.2) is 18.2 Å². The van der Waals surface area contributed by atoms with Gasteiger partial charge in [0.1, 0.15) is 0 Å². The van der Waals surface area contributed by atoms with E-state index in [-0.39, 0.29) is 24.2 Å². The minimum Gasteiger partial charge on any atom is -0.481 e. The first-order valence-corrected chi connectivity index (χ1v) is 6.94. The molecule has 0 aromatic heterocycles. The number of carbonyl (C=O) groups is 2. The highest BCUT2D eigenvalue weighted by Gasteiger charge is 2.32. The van der Waals surface area contributed by atoms with E-state index in [1.165, 1.54) is 18.2 Å². The quantitative estimate of drug-likeness (QED) is 0.839. The van der Waals surface area contributed by atoms with Gasteiger partial charge in [-0.3, -0.25) is 9.59 Å². The molecule has 1 aliphatic carbocycles. The molecule has 21 heavy (non-hydrogen) atoms. The van der Waals surface area contributed by atoms with Crippen LogP contribution < -0.4 is 10.1 Å². The molecule has 0 radical (unpaired) electrons. The zero-order chi connectivity index (χ0) is 15.2. The van der Waals surface area contributed by atoms with Crippen LogP contribution in [0.4, 0.5) is 4.39 Å². The van der Waals surface area contributed by atoms with E-state index in [4.69, 9.17) is 9.84 Å². The molecule has 1 amide bonds. The van der Waals surface area contributed by atoms with Gasteiger partial charge in [-0.1, -0.05) is 18.6 Å². The van der Waals surface area contributed by atoms with E-state index in [9.17, 15) is 14.0 Å². The van der Waals surface area contributed by atoms with Crippen LogP contribution >= 0.6 is 0 Å². The number of para-hydroxylation sites is 1. The summed E-state index contributed by atoms with van der Waals surface area (Å²) >= 11 is 0. The van der Waals surface area contributed by atoms with Gasteiger partial charge < -0.3 is 15.2 Å². The number of aliphatic carboxylic acids is 1. The smallest absolute Gasteiger partial charge is 0.306 e. The standard InChI is InChI=1S/C15H18FNO4/c16-12-6-1-2-7-13(12)21-9-14(18)17-8-10-4-3-5-11(10)15(19)20/h1-2,6-7,10-11H,3-5,8-9H2,(H,17,18)(H,19,20). The van der Waals surface area contributed by atoms with Crippen LogP contribution in [0.25, 0.3) is 0 Å². The molecule has 1 aliphatic rings. The molecule has 2 rings (SSSR count). The van der Waals surface area contributed by atoms with E-state index in [0.29, 0.717) is 13.0 Å². The Morgan fingerprint density at radius 3 is 2.81 bits per heavy atom. The molecule has 0 heterocycles. The fraction of sp³-hybridized carbons (Fsp3) is 0.467. The van der Waals surface area contributed by atoms with Gasteiger partial charge in [-0.25, -0.2) is 4.39 Å². The molecule has 0 saturated heterocycles. The van der Waals surface area contributed by atoms with Gasteiger partial charge in [0.25, 0.3) is 5.91 Å². The molecule has 1 fully saturated rings. The Kier molecular flexibility index (Phi) is 5.14. The van der Waals surface area contributed by atoms with Gasteiger partial charge in [-0.2, -0.15) is 0 Å². The Morgan fingerprint density at radius 2 is 2.10 bits per heavy atom. The number of rotatable bonds is 6. The first-order valence-electron chi connectivity index (χ1n) is 6.94. The zero-order valence-corrected chi connectivity index (χ0v) is 11.5. The van der Waals surface area contributed by atoms with Crippen molar-refractivity contribution in [1.29, 1.82) is 0 Å². The van der Waals surface area contributed by atoms with Crippen LogP contribution in [0, 0.1) is 17.7 Å². The first kappa shape index (κ1) is 15.3. The molecule has 1 aromatic rings. The number of nitrogens with one attached hydrogen (secondary N) is 1. The molecule has 114 valence electrons. The maximum absolute atomic E-state index is 13.3. The normalized spacial score (nSPS) is 21.0. The lowest BCUT2D eigenvalue weighted by Gasteiger charge is -2.16. The number of carbonyl (C=O) groups excluding carboxylic acids is 1. The van der Waals surface area contributed by atoms with Crippen LogP contribution in [-0.4, -0.2) is 30.1 Å². The molecule has 1 aromatic carbocycles. The average Bonchev–Trinajstić information content (AvgIpc) is 2.93. The third-order valence-corrected chi connectivity index (χ3v) is 3.73. The van der Waals surface area contributed by atoms with E-state index in [0.717, 1.165) is 12.8 Å². The summed E-state index contributed by atoms with van der Waals surface area (Å²) in [6, 6.07) is 5.85. The minimum atomic E-state index is -0.811. The van der Waals surface area contributed by atoms with Crippen LogP contribution in [0.2, 0.25) is 0 Å². The molecular formula is C15H18FNO4. The fourth-order valence-corrected chi connectivity index (χ4v) is 2.61. The van der Waals surface area contributed by atoms with Gasteiger partial charge >= 0.3 is 5.97 Å². The largest absolute Gasteiger partial charge is 0.481 e. The Balaban J connectivity index is 1.75. The second-order valence-corrected chi connectivity index (χ2v) is 5.16. The van der Waals surface area contributed by atoms with Crippen molar-refractivity contribution in [3.05, 3.63) is 30.1 Å². The van der Waals surface area contributed by atoms with E-state index in [1.54, 1.807) is 6.07 Å². The molecule has 6 heteroatoms. The summed E-state index contributed by atoms with van der Waals surface area (Å²) in [7, 11) is 0. The Labute approximate surface area is 122 Å².